The number of hydrogen-bond acceptors (Lipinski definition) is 4. The van der Waals surface area contributed by atoms with Crippen LogP contribution in [0.3, 0.4) is 0 Å². The summed E-state index contributed by atoms with van der Waals surface area (Å²) in [6, 6.07) is 5.45. The average molecular weight is 272 g/mol. The predicted molar refractivity (Wildman–Crippen MR) is 73.3 cm³/mol. The number of hydrogen-bond donors (Lipinski definition) is 1. The number of carbonyl (C=O) groups is 1. The Kier molecular flexibility index (Phi) is 3.18. The number of methoxy groups -OCH3 is 1. The zero-order chi connectivity index (χ0) is 14.1. The van der Waals surface area contributed by atoms with Crippen LogP contribution >= 0.6 is 0 Å². The van der Waals surface area contributed by atoms with Crippen LogP contribution in [-0.2, 0) is 0 Å². The van der Waals surface area contributed by atoms with Crippen LogP contribution in [0.15, 0.2) is 24.4 Å². The number of nitrogens with zero attached hydrogens (tertiary/aromatic N) is 1. The molecule has 5 nitrogen and oxygen atoms in total. The number of aromatic amines is 1. The van der Waals surface area contributed by atoms with Crippen molar-refractivity contribution in [3.8, 4) is 11.5 Å². The van der Waals surface area contributed by atoms with Crippen LogP contribution in [0, 0.1) is 6.92 Å². The minimum absolute atomic E-state index is 0.400. The second-order valence-corrected chi connectivity index (χ2v) is 5.02. The van der Waals surface area contributed by atoms with E-state index in [2.05, 4.69) is 10.2 Å². The molecule has 0 saturated heterocycles. The number of H-pyrrole nitrogens is 1. The number of esters is 1. The summed E-state index contributed by atoms with van der Waals surface area (Å²) in [5.41, 5.74) is 2.43. The van der Waals surface area contributed by atoms with E-state index < -0.39 is 5.97 Å². The number of aromatic nitrogens is 2. The van der Waals surface area contributed by atoms with Gasteiger partial charge in [-0.3, -0.25) is 5.10 Å². The quantitative estimate of drug-likeness (QED) is 0.686. The van der Waals surface area contributed by atoms with Crippen LogP contribution in [0.2, 0.25) is 0 Å². The van der Waals surface area contributed by atoms with E-state index in [0.717, 1.165) is 24.1 Å². The van der Waals surface area contributed by atoms with Gasteiger partial charge in [-0.2, -0.15) is 5.10 Å². The molecular weight excluding hydrogens is 256 g/mol. The Labute approximate surface area is 116 Å². The van der Waals surface area contributed by atoms with E-state index in [9.17, 15) is 4.79 Å². The Bertz CT molecular complexity index is 644. The third kappa shape index (κ3) is 2.39. The fourth-order valence-electron chi connectivity index (χ4n) is 2.16. The lowest BCUT2D eigenvalue weighted by molar-refractivity contribution is 0.0728. The van der Waals surface area contributed by atoms with E-state index in [4.69, 9.17) is 9.47 Å². The Hall–Kier alpha value is -2.30. The van der Waals surface area contributed by atoms with E-state index in [-0.39, 0.29) is 0 Å². The smallest absolute Gasteiger partial charge is 0.347 e. The van der Waals surface area contributed by atoms with Crippen molar-refractivity contribution in [3.05, 3.63) is 41.2 Å². The summed E-state index contributed by atoms with van der Waals surface area (Å²) >= 11 is 0. The van der Waals surface area contributed by atoms with Crippen molar-refractivity contribution in [3.63, 3.8) is 0 Å². The van der Waals surface area contributed by atoms with Crippen LogP contribution in [0.4, 0.5) is 0 Å². The summed E-state index contributed by atoms with van der Waals surface area (Å²) in [4.78, 5) is 12.2. The van der Waals surface area contributed by atoms with Gasteiger partial charge in [0.25, 0.3) is 0 Å². The molecule has 0 bridgehead atoms. The molecule has 0 radical (unpaired) electrons. The first kappa shape index (κ1) is 12.7. The van der Waals surface area contributed by atoms with Gasteiger partial charge in [0.15, 0.2) is 11.5 Å². The molecule has 0 atom stereocenters. The van der Waals surface area contributed by atoms with E-state index in [1.165, 1.54) is 6.20 Å². The second-order valence-electron chi connectivity index (χ2n) is 5.02. The second kappa shape index (κ2) is 5.00. The first-order chi connectivity index (χ1) is 9.69. The fraction of sp³-hybridized carbons (Fsp3) is 0.333. The van der Waals surface area contributed by atoms with Crippen molar-refractivity contribution in [2.45, 2.75) is 25.7 Å². The van der Waals surface area contributed by atoms with E-state index >= 15 is 0 Å². The number of ether oxygens (including phenoxy) is 2. The lowest BCUT2D eigenvalue weighted by Gasteiger charge is -2.09. The molecule has 0 amide bonds. The summed E-state index contributed by atoms with van der Waals surface area (Å²) in [6.07, 6.45) is 3.71. The standard InChI is InChI=1S/C15H16N2O3/c1-9-3-6-12(13(7-9)19-2)20-15(18)11-8-16-17-14(11)10-4-5-10/h3,6-8,10H,4-5H2,1-2H3,(H,16,17). The van der Waals surface area contributed by atoms with Crippen molar-refractivity contribution in [2.24, 2.45) is 0 Å². The van der Waals surface area contributed by atoms with Gasteiger partial charge in [0.05, 0.1) is 19.0 Å². The predicted octanol–water partition coefficient (Wildman–Crippen LogP) is 2.82. The number of rotatable bonds is 4. The van der Waals surface area contributed by atoms with Gasteiger partial charge >= 0.3 is 5.97 Å². The summed E-state index contributed by atoms with van der Waals surface area (Å²) in [5, 5.41) is 6.84. The van der Waals surface area contributed by atoms with Gasteiger partial charge in [-0.15, -0.1) is 0 Å². The zero-order valence-corrected chi connectivity index (χ0v) is 11.5. The van der Waals surface area contributed by atoms with Gasteiger partial charge in [-0.25, -0.2) is 4.79 Å². The van der Waals surface area contributed by atoms with Gasteiger partial charge in [0, 0.05) is 5.92 Å². The molecule has 1 aromatic carbocycles. The molecular formula is C15H16N2O3. The minimum Gasteiger partial charge on any atom is -0.493 e. The molecule has 104 valence electrons. The monoisotopic (exact) mass is 272 g/mol. The van der Waals surface area contributed by atoms with E-state index in [0.29, 0.717) is 23.0 Å². The molecule has 3 rings (SSSR count). The fourth-order valence-corrected chi connectivity index (χ4v) is 2.16. The minimum atomic E-state index is -0.400. The highest BCUT2D eigenvalue weighted by Crippen LogP contribution is 2.40. The molecule has 1 fully saturated rings. The van der Waals surface area contributed by atoms with Crippen LogP contribution in [-0.4, -0.2) is 23.3 Å². The first-order valence-electron chi connectivity index (χ1n) is 6.59. The van der Waals surface area contributed by atoms with Crippen molar-refractivity contribution >= 4 is 5.97 Å². The Morgan fingerprint density at radius 3 is 2.85 bits per heavy atom. The molecule has 0 unspecified atom stereocenters. The molecule has 2 aromatic rings. The molecule has 5 heteroatoms. The van der Waals surface area contributed by atoms with Gasteiger partial charge in [-0.1, -0.05) is 6.07 Å². The maximum absolute atomic E-state index is 12.2. The van der Waals surface area contributed by atoms with Crippen molar-refractivity contribution in [2.75, 3.05) is 7.11 Å². The van der Waals surface area contributed by atoms with Crippen molar-refractivity contribution < 1.29 is 14.3 Å². The number of nitrogens with one attached hydrogen (secondary N) is 1. The van der Waals surface area contributed by atoms with Gasteiger partial charge in [0.1, 0.15) is 5.56 Å². The largest absolute Gasteiger partial charge is 0.493 e. The van der Waals surface area contributed by atoms with E-state index in [1.807, 2.05) is 19.1 Å². The highest BCUT2D eigenvalue weighted by Gasteiger charge is 2.30. The lowest BCUT2D eigenvalue weighted by Crippen LogP contribution is -2.10. The summed E-state index contributed by atoms with van der Waals surface area (Å²) < 4.78 is 10.7. The highest BCUT2D eigenvalue weighted by atomic mass is 16.6. The average Bonchev–Trinajstić information content (AvgIpc) is 3.17. The maximum Gasteiger partial charge on any atom is 0.347 e. The molecule has 1 aliphatic carbocycles. The van der Waals surface area contributed by atoms with Crippen molar-refractivity contribution in [1.82, 2.24) is 10.2 Å². The summed E-state index contributed by atoms with van der Waals surface area (Å²) in [6.45, 7) is 1.95. The van der Waals surface area contributed by atoms with Gasteiger partial charge in [0.2, 0.25) is 0 Å². The number of aryl methyl sites for hydroxylation is 1. The topological polar surface area (TPSA) is 64.2 Å². The molecule has 1 saturated carbocycles. The van der Waals surface area contributed by atoms with Crippen LogP contribution < -0.4 is 9.47 Å². The molecule has 1 aliphatic rings. The molecule has 1 aromatic heterocycles. The van der Waals surface area contributed by atoms with E-state index in [1.54, 1.807) is 13.2 Å². The van der Waals surface area contributed by atoms with Crippen LogP contribution in [0.5, 0.6) is 11.5 Å². The Balaban J connectivity index is 1.83. The van der Waals surface area contributed by atoms with Gasteiger partial charge in [-0.05, 0) is 37.5 Å². The normalized spacial score (nSPS) is 14.1. The van der Waals surface area contributed by atoms with Crippen molar-refractivity contribution in [1.29, 1.82) is 0 Å². The zero-order valence-electron chi connectivity index (χ0n) is 11.5. The Morgan fingerprint density at radius 2 is 2.15 bits per heavy atom. The number of benzene rings is 1. The molecule has 1 N–H and O–H groups in total. The lowest BCUT2D eigenvalue weighted by atomic mass is 10.2. The third-order valence-corrected chi connectivity index (χ3v) is 3.40. The third-order valence-electron chi connectivity index (χ3n) is 3.40. The first-order valence-corrected chi connectivity index (χ1v) is 6.59. The Morgan fingerprint density at radius 1 is 1.35 bits per heavy atom. The maximum atomic E-state index is 12.2. The van der Waals surface area contributed by atoms with Crippen LogP contribution in [0.25, 0.3) is 0 Å². The van der Waals surface area contributed by atoms with Crippen LogP contribution in [0.1, 0.15) is 40.4 Å². The highest BCUT2D eigenvalue weighted by molar-refractivity contribution is 5.92. The summed E-state index contributed by atoms with van der Waals surface area (Å²) in [7, 11) is 1.56. The molecule has 20 heavy (non-hydrogen) atoms. The van der Waals surface area contributed by atoms with Gasteiger partial charge < -0.3 is 9.47 Å². The molecule has 0 aliphatic heterocycles. The SMILES string of the molecule is COc1cc(C)ccc1OC(=O)c1cn[nH]c1C1CC1. The summed E-state index contributed by atoms with van der Waals surface area (Å²) in [5.74, 6) is 0.989. The molecule has 0 spiro atoms. The number of carbonyl (C=O) groups excluding carboxylic acids is 1. The molecule has 1 heterocycles.